The Kier molecular flexibility index (Phi) is 4.67. The Balaban J connectivity index is 2.05. The molecule has 1 amide bonds. The Hall–Kier alpha value is -2.96. The molecule has 0 atom stereocenters. The Morgan fingerprint density at radius 1 is 1.32 bits per heavy atom. The van der Waals surface area contributed by atoms with Gasteiger partial charge in [-0.25, -0.2) is 9.18 Å². The smallest absolute Gasteiger partial charge is 0.412 e. The molecule has 2 rings (SSSR count). The molecule has 0 radical (unpaired) electrons. The van der Waals surface area contributed by atoms with Crippen LogP contribution in [0.2, 0.25) is 0 Å². The molecule has 0 saturated heterocycles. The Morgan fingerprint density at radius 3 is 2.64 bits per heavy atom. The fourth-order valence-corrected chi connectivity index (χ4v) is 1.82. The molecule has 0 fully saturated rings. The summed E-state index contributed by atoms with van der Waals surface area (Å²) in [4.78, 5) is 21.8. The van der Waals surface area contributed by atoms with E-state index in [1.807, 2.05) is 6.07 Å². The Labute approximate surface area is 125 Å². The van der Waals surface area contributed by atoms with Gasteiger partial charge in [-0.3, -0.25) is 15.4 Å². The third-order valence-corrected chi connectivity index (χ3v) is 2.93. The summed E-state index contributed by atoms with van der Waals surface area (Å²) < 4.78 is 18.7. The van der Waals surface area contributed by atoms with Crippen LogP contribution >= 0.6 is 0 Å². The van der Waals surface area contributed by atoms with Crippen LogP contribution in [0.4, 0.5) is 20.6 Å². The maximum Gasteiger partial charge on any atom is 0.412 e. The van der Waals surface area contributed by atoms with E-state index in [0.717, 1.165) is 17.7 Å². The second-order valence-corrected chi connectivity index (χ2v) is 4.56. The fourth-order valence-electron chi connectivity index (χ4n) is 1.82. The van der Waals surface area contributed by atoms with Crippen molar-refractivity contribution >= 4 is 17.5 Å². The zero-order valence-electron chi connectivity index (χ0n) is 11.7. The van der Waals surface area contributed by atoms with E-state index >= 15 is 0 Å². The number of rotatable bonds is 4. The highest BCUT2D eigenvalue weighted by atomic mass is 19.1. The molecular weight excluding hydrogens is 291 g/mol. The first-order valence-corrected chi connectivity index (χ1v) is 6.39. The number of benzene rings is 2. The molecule has 0 saturated carbocycles. The number of nitrogens with one attached hydrogen (secondary N) is 1. The van der Waals surface area contributed by atoms with E-state index in [2.05, 4.69) is 5.32 Å². The lowest BCUT2D eigenvalue weighted by Crippen LogP contribution is -2.15. The molecule has 1 N–H and O–H groups in total. The van der Waals surface area contributed by atoms with Gasteiger partial charge in [-0.2, -0.15) is 0 Å². The van der Waals surface area contributed by atoms with Gasteiger partial charge in [0, 0.05) is 11.6 Å². The lowest BCUT2D eigenvalue weighted by atomic mass is 10.2. The molecule has 22 heavy (non-hydrogen) atoms. The summed E-state index contributed by atoms with van der Waals surface area (Å²) in [6.07, 6.45) is -0.888. The molecule has 0 unspecified atom stereocenters. The first kappa shape index (κ1) is 15.4. The average Bonchev–Trinajstić information content (AvgIpc) is 2.48. The molecule has 7 heteroatoms. The van der Waals surface area contributed by atoms with Crippen molar-refractivity contribution in [3.63, 3.8) is 0 Å². The van der Waals surface area contributed by atoms with Crippen molar-refractivity contribution < 1.29 is 18.8 Å². The monoisotopic (exact) mass is 304 g/mol. The van der Waals surface area contributed by atoms with Crippen LogP contribution in [-0.4, -0.2) is 11.0 Å². The highest BCUT2D eigenvalue weighted by Gasteiger charge is 2.17. The number of aryl methyl sites for hydroxylation is 1. The number of hydrogen-bond donors (Lipinski definition) is 1. The first-order valence-electron chi connectivity index (χ1n) is 6.39. The van der Waals surface area contributed by atoms with Crippen LogP contribution in [0.5, 0.6) is 0 Å². The maximum absolute atomic E-state index is 13.7. The van der Waals surface area contributed by atoms with Gasteiger partial charge in [-0.15, -0.1) is 0 Å². The van der Waals surface area contributed by atoms with Crippen LogP contribution in [0, 0.1) is 22.9 Å². The molecular formula is C15H13FN2O4. The molecule has 0 aliphatic carbocycles. The van der Waals surface area contributed by atoms with Gasteiger partial charge in [0.2, 0.25) is 0 Å². The van der Waals surface area contributed by atoms with E-state index < -0.39 is 16.8 Å². The van der Waals surface area contributed by atoms with E-state index in [9.17, 15) is 19.3 Å². The first-order chi connectivity index (χ1) is 10.5. The van der Waals surface area contributed by atoms with Crippen LogP contribution in [0.25, 0.3) is 0 Å². The minimum absolute atomic E-state index is 0.0161. The van der Waals surface area contributed by atoms with Crippen LogP contribution in [0.15, 0.2) is 42.5 Å². The van der Waals surface area contributed by atoms with E-state index in [0.29, 0.717) is 0 Å². The van der Waals surface area contributed by atoms with Gasteiger partial charge >= 0.3 is 6.09 Å². The van der Waals surface area contributed by atoms with Crippen LogP contribution in [0.1, 0.15) is 11.1 Å². The van der Waals surface area contributed by atoms with Gasteiger partial charge in [-0.05, 0) is 18.6 Å². The third-order valence-electron chi connectivity index (χ3n) is 2.93. The Morgan fingerprint density at radius 2 is 2.00 bits per heavy atom. The van der Waals surface area contributed by atoms with E-state index in [4.69, 9.17) is 4.74 Å². The molecule has 2 aromatic rings. The molecule has 114 valence electrons. The number of nitrogens with zero attached hydrogens (tertiary/aromatic N) is 1. The van der Waals surface area contributed by atoms with Crippen LogP contribution in [0.3, 0.4) is 0 Å². The number of carbonyl (C=O) groups is 1. The number of nitro groups is 1. The summed E-state index contributed by atoms with van der Waals surface area (Å²) in [5.41, 5.74) is 0.369. The summed E-state index contributed by atoms with van der Waals surface area (Å²) in [6.45, 7) is 1.43. The van der Waals surface area contributed by atoms with E-state index in [-0.39, 0.29) is 23.5 Å². The minimum atomic E-state index is -0.888. The third kappa shape index (κ3) is 3.78. The highest BCUT2D eigenvalue weighted by Crippen LogP contribution is 2.25. The lowest BCUT2D eigenvalue weighted by molar-refractivity contribution is -0.385. The van der Waals surface area contributed by atoms with Gasteiger partial charge < -0.3 is 4.74 Å². The average molecular weight is 304 g/mol. The van der Waals surface area contributed by atoms with Gasteiger partial charge in [0.15, 0.2) is 0 Å². The van der Waals surface area contributed by atoms with E-state index in [1.165, 1.54) is 6.92 Å². The van der Waals surface area contributed by atoms with Crippen molar-refractivity contribution in [3.8, 4) is 0 Å². The number of ether oxygens (including phenoxy) is 1. The topological polar surface area (TPSA) is 81.5 Å². The normalized spacial score (nSPS) is 10.1. The van der Waals surface area contributed by atoms with Crippen molar-refractivity contribution in [1.29, 1.82) is 0 Å². The van der Waals surface area contributed by atoms with Crippen molar-refractivity contribution in [3.05, 3.63) is 69.5 Å². The van der Waals surface area contributed by atoms with Crippen molar-refractivity contribution in [2.45, 2.75) is 13.5 Å². The SMILES string of the molecule is Cc1cc(F)c(NC(=O)OCc2ccccc2)cc1[N+](=O)[O-]. The number of anilines is 1. The molecule has 0 aromatic heterocycles. The molecule has 6 nitrogen and oxygen atoms in total. The second kappa shape index (κ2) is 6.66. The summed E-state index contributed by atoms with van der Waals surface area (Å²) in [5.74, 6) is -0.764. The minimum Gasteiger partial charge on any atom is -0.444 e. The van der Waals surface area contributed by atoms with Gasteiger partial charge in [0.05, 0.1) is 10.6 Å². The summed E-state index contributed by atoms with van der Waals surface area (Å²) in [7, 11) is 0. The van der Waals surface area contributed by atoms with Crippen molar-refractivity contribution in [2.75, 3.05) is 5.32 Å². The van der Waals surface area contributed by atoms with Gasteiger partial charge in [0.25, 0.3) is 5.69 Å². The standard InChI is InChI=1S/C15H13FN2O4/c1-10-7-12(16)13(8-14(10)18(20)21)17-15(19)22-9-11-5-3-2-4-6-11/h2-8H,9H2,1H3,(H,17,19). The number of hydrogen-bond acceptors (Lipinski definition) is 4. The van der Waals surface area contributed by atoms with Gasteiger partial charge in [-0.1, -0.05) is 30.3 Å². The van der Waals surface area contributed by atoms with E-state index in [1.54, 1.807) is 24.3 Å². The lowest BCUT2D eigenvalue weighted by Gasteiger charge is -2.08. The molecule has 0 heterocycles. The van der Waals surface area contributed by atoms with Crippen LogP contribution in [-0.2, 0) is 11.3 Å². The highest BCUT2D eigenvalue weighted by molar-refractivity contribution is 5.85. The number of halogens is 1. The predicted octanol–water partition coefficient (Wildman–Crippen LogP) is 3.79. The quantitative estimate of drug-likeness (QED) is 0.688. The van der Waals surface area contributed by atoms with Gasteiger partial charge in [0.1, 0.15) is 12.4 Å². The molecule has 0 aliphatic heterocycles. The number of amides is 1. The summed E-state index contributed by atoms with van der Waals surface area (Å²) in [6, 6.07) is 10.9. The summed E-state index contributed by atoms with van der Waals surface area (Å²) in [5, 5.41) is 13.0. The molecule has 0 spiro atoms. The fraction of sp³-hybridized carbons (Fsp3) is 0.133. The Bertz CT molecular complexity index is 704. The molecule has 2 aromatic carbocycles. The zero-order valence-corrected chi connectivity index (χ0v) is 11.7. The summed E-state index contributed by atoms with van der Waals surface area (Å²) >= 11 is 0. The molecule has 0 bridgehead atoms. The van der Waals surface area contributed by atoms with Crippen molar-refractivity contribution in [2.24, 2.45) is 0 Å². The largest absolute Gasteiger partial charge is 0.444 e. The van der Waals surface area contributed by atoms with Crippen molar-refractivity contribution in [1.82, 2.24) is 0 Å². The maximum atomic E-state index is 13.7. The molecule has 0 aliphatic rings. The van der Waals surface area contributed by atoms with Crippen LogP contribution < -0.4 is 5.32 Å². The number of nitro benzene ring substituents is 1. The second-order valence-electron chi connectivity index (χ2n) is 4.56. The predicted molar refractivity (Wildman–Crippen MR) is 78.0 cm³/mol. The zero-order chi connectivity index (χ0) is 16.1. The number of carbonyl (C=O) groups excluding carboxylic acids is 1.